The maximum absolute atomic E-state index is 13.0. The third-order valence-corrected chi connectivity index (χ3v) is 6.39. The molecule has 0 saturated carbocycles. The van der Waals surface area contributed by atoms with E-state index in [1.165, 1.54) is 10.4 Å². The Kier molecular flexibility index (Phi) is 6.31. The summed E-state index contributed by atoms with van der Waals surface area (Å²) in [5.41, 5.74) is 0.815. The van der Waals surface area contributed by atoms with E-state index in [1.807, 2.05) is 14.0 Å². The zero-order valence-electron chi connectivity index (χ0n) is 14.0. The number of benzene rings is 1. The molecule has 1 aromatic rings. The van der Waals surface area contributed by atoms with Crippen molar-refractivity contribution >= 4 is 21.6 Å². The summed E-state index contributed by atoms with van der Waals surface area (Å²) in [6, 6.07) is 3.24. The number of nitrogens with zero attached hydrogens (tertiary/aromatic N) is 2. The lowest BCUT2D eigenvalue weighted by Crippen LogP contribution is -2.47. The van der Waals surface area contributed by atoms with Crippen LogP contribution >= 0.6 is 11.6 Å². The number of unbranched alkanes of at least 4 members (excludes halogenated alkanes) is 1. The van der Waals surface area contributed by atoms with Gasteiger partial charge in [-0.1, -0.05) is 24.9 Å². The van der Waals surface area contributed by atoms with Gasteiger partial charge >= 0.3 is 0 Å². The number of piperazine rings is 1. The molecule has 1 aliphatic rings. The number of sulfonamides is 1. The molecule has 23 heavy (non-hydrogen) atoms. The standard InChI is InChI=1S/C16H25ClN2O3S/c1-4-5-10-22-15-11-13(2)14(17)12-16(15)23(20,21)19-8-6-18(3)7-9-19/h11-12H,4-10H2,1-3H3. The van der Waals surface area contributed by atoms with Crippen LogP contribution in [0.15, 0.2) is 17.0 Å². The highest BCUT2D eigenvalue weighted by atomic mass is 35.5. The van der Waals surface area contributed by atoms with Gasteiger partial charge in [-0.25, -0.2) is 8.42 Å². The maximum Gasteiger partial charge on any atom is 0.246 e. The van der Waals surface area contributed by atoms with Crippen molar-refractivity contribution in [3.8, 4) is 5.75 Å². The summed E-state index contributed by atoms with van der Waals surface area (Å²) >= 11 is 6.17. The van der Waals surface area contributed by atoms with Crippen LogP contribution < -0.4 is 4.74 Å². The van der Waals surface area contributed by atoms with Gasteiger partial charge in [-0.2, -0.15) is 4.31 Å². The number of aryl methyl sites for hydroxylation is 1. The molecule has 0 unspecified atom stereocenters. The summed E-state index contributed by atoms with van der Waals surface area (Å²) in [5, 5.41) is 0.445. The minimum absolute atomic E-state index is 0.175. The van der Waals surface area contributed by atoms with Gasteiger partial charge in [0.25, 0.3) is 0 Å². The first-order valence-electron chi connectivity index (χ1n) is 7.98. The van der Waals surface area contributed by atoms with Crippen LogP contribution in [0.2, 0.25) is 5.02 Å². The van der Waals surface area contributed by atoms with E-state index in [4.69, 9.17) is 16.3 Å². The Morgan fingerprint density at radius 1 is 1.22 bits per heavy atom. The number of likely N-dealkylation sites (N-methyl/N-ethyl adjacent to an activating group) is 1. The van der Waals surface area contributed by atoms with Crippen LogP contribution in [0.25, 0.3) is 0 Å². The molecule has 0 N–H and O–H groups in total. The van der Waals surface area contributed by atoms with Crippen molar-refractivity contribution in [3.05, 3.63) is 22.7 Å². The van der Waals surface area contributed by atoms with Gasteiger partial charge in [0.05, 0.1) is 6.61 Å². The molecule has 0 spiro atoms. The molecule has 0 atom stereocenters. The first-order valence-corrected chi connectivity index (χ1v) is 9.79. The summed E-state index contributed by atoms with van der Waals surface area (Å²) in [5.74, 6) is 0.402. The number of ether oxygens (including phenoxy) is 1. The molecule has 2 rings (SSSR count). The quantitative estimate of drug-likeness (QED) is 0.732. The predicted molar refractivity (Wildman–Crippen MR) is 92.8 cm³/mol. The molecular formula is C16H25ClN2O3S. The van der Waals surface area contributed by atoms with Crippen LogP contribution in [0.4, 0.5) is 0 Å². The van der Waals surface area contributed by atoms with Gasteiger partial charge in [0, 0.05) is 31.2 Å². The van der Waals surface area contributed by atoms with Gasteiger partial charge in [-0.15, -0.1) is 0 Å². The van der Waals surface area contributed by atoms with E-state index in [-0.39, 0.29) is 4.90 Å². The lowest BCUT2D eigenvalue weighted by atomic mass is 10.2. The summed E-state index contributed by atoms with van der Waals surface area (Å²) in [6.45, 7) is 6.84. The molecule has 1 aromatic carbocycles. The van der Waals surface area contributed by atoms with Gasteiger partial charge in [-0.3, -0.25) is 0 Å². The van der Waals surface area contributed by atoms with E-state index >= 15 is 0 Å². The van der Waals surface area contributed by atoms with Crippen molar-refractivity contribution in [2.75, 3.05) is 39.8 Å². The molecule has 130 valence electrons. The smallest absolute Gasteiger partial charge is 0.246 e. The fraction of sp³-hybridized carbons (Fsp3) is 0.625. The Morgan fingerprint density at radius 3 is 2.48 bits per heavy atom. The highest BCUT2D eigenvalue weighted by Crippen LogP contribution is 2.32. The van der Waals surface area contributed by atoms with Crippen molar-refractivity contribution < 1.29 is 13.2 Å². The molecular weight excluding hydrogens is 336 g/mol. The van der Waals surface area contributed by atoms with Crippen LogP contribution in [-0.4, -0.2) is 57.5 Å². The van der Waals surface area contributed by atoms with Crippen molar-refractivity contribution in [3.63, 3.8) is 0 Å². The summed E-state index contributed by atoms with van der Waals surface area (Å²) in [7, 11) is -1.60. The number of hydrogen-bond acceptors (Lipinski definition) is 4. The molecule has 1 saturated heterocycles. The van der Waals surface area contributed by atoms with Crippen molar-refractivity contribution in [2.45, 2.75) is 31.6 Å². The highest BCUT2D eigenvalue weighted by molar-refractivity contribution is 7.89. The van der Waals surface area contributed by atoms with Crippen molar-refractivity contribution in [2.24, 2.45) is 0 Å². The lowest BCUT2D eigenvalue weighted by molar-refractivity contribution is 0.221. The molecule has 1 fully saturated rings. The highest BCUT2D eigenvalue weighted by Gasteiger charge is 2.30. The van der Waals surface area contributed by atoms with Gasteiger partial charge in [-0.05, 0) is 38.1 Å². The van der Waals surface area contributed by atoms with Gasteiger partial charge in [0.1, 0.15) is 10.6 Å². The van der Waals surface area contributed by atoms with Crippen LogP contribution in [0.1, 0.15) is 25.3 Å². The van der Waals surface area contributed by atoms with Gasteiger partial charge in [0.2, 0.25) is 10.0 Å². The first kappa shape index (κ1) is 18.5. The molecule has 0 bridgehead atoms. The van der Waals surface area contributed by atoms with Crippen LogP contribution in [-0.2, 0) is 10.0 Å². The normalized spacial score (nSPS) is 17.4. The number of rotatable bonds is 6. The first-order chi connectivity index (χ1) is 10.9. The molecule has 0 aliphatic carbocycles. The third kappa shape index (κ3) is 4.38. The molecule has 1 aliphatic heterocycles. The Bertz CT molecular complexity index is 641. The van der Waals surface area contributed by atoms with E-state index < -0.39 is 10.0 Å². The zero-order valence-corrected chi connectivity index (χ0v) is 15.6. The summed E-state index contributed by atoms with van der Waals surface area (Å²) in [4.78, 5) is 2.29. The van der Waals surface area contributed by atoms with Gasteiger partial charge in [0.15, 0.2) is 0 Å². The molecule has 5 nitrogen and oxygen atoms in total. The van der Waals surface area contributed by atoms with E-state index in [0.29, 0.717) is 30.5 Å². The predicted octanol–water partition coefficient (Wildman–Crippen LogP) is 2.76. The van der Waals surface area contributed by atoms with Crippen LogP contribution in [0.5, 0.6) is 5.75 Å². The van der Waals surface area contributed by atoms with Crippen molar-refractivity contribution in [1.29, 1.82) is 0 Å². The second kappa shape index (κ2) is 7.83. The molecule has 1 heterocycles. The Balaban J connectivity index is 2.33. The monoisotopic (exact) mass is 360 g/mol. The SMILES string of the molecule is CCCCOc1cc(C)c(Cl)cc1S(=O)(=O)N1CCN(C)CC1. The van der Waals surface area contributed by atoms with Crippen LogP contribution in [0.3, 0.4) is 0 Å². The molecule has 7 heteroatoms. The molecule has 0 amide bonds. The lowest BCUT2D eigenvalue weighted by Gasteiger charge is -2.32. The Morgan fingerprint density at radius 2 is 1.87 bits per heavy atom. The van der Waals surface area contributed by atoms with E-state index in [2.05, 4.69) is 11.8 Å². The van der Waals surface area contributed by atoms with E-state index in [1.54, 1.807) is 6.07 Å². The topological polar surface area (TPSA) is 49.9 Å². The molecule has 0 aromatic heterocycles. The minimum Gasteiger partial charge on any atom is -0.492 e. The minimum atomic E-state index is -3.60. The third-order valence-electron chi connectivity index (χ3n) is 4.06. The largest absolute Gasteiger partial charge is 0.492 e. The average molecular weight is 361 g/mol. The Labute approximate surface area is 144 Å². The fourth-order valence-electron chi connectivity index (χ4n) is 2.45. The Hall–Kier alpha value is -0.820. The van der Waals surface area contributed by atoms with E-state index in [9.17, 15) is 8.42 Å². The maximum atomic E-state index is 13.0. The second-order valence-corrected chi connectivity index (χ2v) is 8.27. The second-order valence-electron chi connectivity index (χ2n) is 5.96. The van der Waals surface area contributed by atoms with Gasteiger partial charge < -0.3 is 9.64 Å². The van der Waals surface area contributed by atoms with E-state index in [0.717, 1.165) is 31.5 Å². The number of halogens is 1. The fourth-order valence-corrected chi connectivity index (χ4v) is 4.23. The number of hydrogen-bond donors (Lipinski definition) is 0. The average Bonchev–Trinajstić information content (AvgIpc) is 2.51. The molecule has 0 radical (unpaired) electrons. The summed E-state index contributed by atoms with van der Waals surface area (Å²) in [6.07, 6.45) is 1.88. The zero-order chi connectivity index (χ0) is 17.0. The summed E-state index contributed by atoms with van der Waals surface area (Å²) < 4.78 is 33.2. The van der Waals surface area contributed by atoms with Crippen LogP contribution in [0, 0.1) is 6.92 Å². The van der Waals surface area contributed by atoms with Crippen molar-refractivity contribution in [1.82, 2.24) is 9.21 Å².